The van der Waals surface area contributed by atoms with E-state index in [1.807, 2.05) is 0 Å². The fourth-order valence-corrected chi connectivity index (χ4v) is 1.81. The number of carbonyl (C=O) groups is 1. The number of aliphatic hydroxyl groups excluding tert-OH is 1. The first kappa shape index (κ1) is 11.5. The van der Waals surface area contributed by atoms with Crippen LogP contribution in [0.1, 0.15) is 6.42 Å². The van der Waals surface area contributed by atoms with Crippen LogP contribution in [0.25, 0.3) is 0 Å². The van der Waals surface area contributed by atoms with Crippen molar-refractivity contribution in [3.05, 3.63) is 22.5 Å². The monoisotopic (exact) mass is 240 g/mol. The van der Waals surface area contributed by atoms with Crippen LogP contribution in [0.4, 0.5) is 5.95 Å². The highest BCUT2D eigenvalue weighted by Crippen LogP contribution is 2.12. The first-order chi connectivity index (χ1) is 8.08. The average Bonchev–Trinajstić information content (AvgIpc) is 2.86. The number of likely N-dealkylation sites (tertiary alicyclic amines) is 1. The lowest BCUT2D eigenvalue weighted by atomic mass is 10.3. The van der Waals surface area contributed by atoms with E-state index < -0.39 is 11.0 Å². The molecule has 0 aliphatic carbocycles. The number of imidazole rings is 1. The number of hydrogen-bond acceptors (Lipinski definition) is 5. The van der Waals surface area contributed by atoms with Crippen LogP contribution in [0.2, 0.25) is 0 Å². The zero-order valence-electron chi connectivity index (χ0n) is 9.02. The predicted octanol–water partition coefficient (Wildman–Crippen LogP) is -0.616. The van der Waals surface area contributed by atoms with Crippen molar-refractivity contribution in [2.24, 2.45) is 0 Å². The topological polar surface area (TPSA) is 102 Å². The Morgan fingerprint density at radius 1 is 1.71 bits per heavy atom. The molecule has 8 heteroatoms. The Bertz CT molecular complexity index is 444. The number of amides is 1. The Labute approximate surface area is 96.6 Å². The molecule has 92 valence electrons. The lowest BCUT2D eigenvalue weighted by molar-refractivity contribution is -0.396. The van der Waals surface area contributed by atoms with E-state index in [4.69, 9.17) is 0 Å². The van der Waals surface area contributed by atoms with E-state index in [9.17, 15) is 20.0 Å². The van der Waals surface area contributed by atoms with Gasteiger partial charge in [-0.1, -0.05) is 4.98 Å². The summed E-state index contributed by atoms with van der Waals surface area (Å²) in [5.41, 5.74) is 0. The molecule has 1 N–H and O–H groups in total. The minimum atomic E-state index is -0.633. The molecule has 1 aliphatic rings. The third kappa shape index (κ3) is 2.41. The molecule has 1 saturated heterocycles. The van der Waals surface area contributed by atoms with Crippen LogP contribution < -0.4 is 0 Å². The number of nitro groups is 1. The van der Waals surface area contributed by atoms with Gasteiger partial charge < -0.3 is 20.1 Å². The van der Waals surface area contributed by atoms with Crippen LogP contribution in [-0.4, -0.2) is 49.6 Å². The van der Waals surface area contributed by atoms with Crippen LogP contribution in [0.3, 0.4) is 0 Å². The van der Waals surface area contributed by atoms with Crippen molar-refractivity contribution >= 4 is 11.9 Å². The summed E-state index contributed by atoms with van der Waals surface area (Å²) in [6.45, 7) is 0.660. The number of nitrogens with zero attached hydrogens (tertiary/aromatic N) is 4. The van der Waals surface area contributed by atoms with Gasteiger partial charge in [0.05, 0.1) is 6.10 Å². The van der Waals surface area contributed by atoms with Crippen molar-refractivity contribution < 1.29 is 14.8 Å². The van der Waals surface area contributed by atoms with Crippen LogP contribution in [0.5, 0.6) is 0 Å². The fourth-order valence-electron chi connectivity index (χ4n) is 1.81. The fraction of sp³-hybridized carbons (Fsp3) is 0.556. The predicted molar refractivity (Wildman–Crippen MR) is 56.1 cm³/mol. The third-order valence-electron chi connectivity index (χ3n) is 2.68. The third-order valence-corrected chi connectivity index (χ3v) is 2.68. The van der Waals surface area contributed by atoms with E-state index in [2.05, 4.69) is 4.98 Å². The standard InChI is InChI=1S/C9H12N4O4/c14-7-1-3-11(5-7)8(15)6-12-4-2-10-9(12)13(16)17/h2,4,7,14H,1,3,5-6H2. The van der Waals surface area contributed by atoms with E-state index in [-0.39, 0.29) is 18.4 Å². The molecule has 1 atom stereocenters. The second-order valence-corrected chi connectivity index (χ2v) is 3.89. The SMILES string of the molecule is O=C(Cn1ccnc1[N+](=O)[O-])N1CCC(O)C1. The summed E-state index contributed by atoms with van der Waals surface area (Å²) < 4.78 is 1.19. The van der Waals surface area contributed by atoms with Gasteiger partial charge >= 0.3 is 5.95 Å². The summed E-state index contributed by atoms with van der Waals surface area (Å²) in [6.07, 6.45) is 2.74. The maximum atomic E-state index is 11.8. The molecule has 0 bridgehead atoms. The molecule has 0 spiro atoms. The summed E-state index contributed by atoms with van der Waals surface area (Å²) in [5.74, 6) is -0.597. The molecule has 0 saturated carbocycles. The largest absolute Gasteiger partial charge is 0.435 e. The minimum absolute atomic E-state index is 0.122. The highest BCUT2D eigenvalue weighted by Gasteiger charge is 2.26. The normalized spacial score (nSPS) is 19.6. The molecular weight excluding hydrogens is 228 g/mol. The molecule has 0 radical (unpaired) electrons. The van der Waals surface area contributed by atoms with Gasteiger partial charge in [0.15, 0.2) is 6.54 Å². The van der Waals surface area contributed by atoms with Gasteiger partial charge in [-0.2, -0.15) is 0 Å². The molecule has 8 nitrogen and oxygen atoms in total. The Morgan fingerprint density at radius 3 is 3.06 bits per heavy atom. The second kappa shape index (κ2) is 4.50. The van der Waals surface area contributed by atoms with Crippen molar-refractivity contribution in [3.63, 3.8) is 0 Å². The summed E-state index contributed by atoms with van der Waals surface area (Å²) >= 11 is 0. The molecular formula is C9H12N4O4. The Kier molecular flexibility index (Phi) is 3.05. The molecule has 2 heterocycles. The van der Waals surface area contributed by atoms with Gasteiger partial charge in [0.25, 0.3) is 5.91 Å². The maximum absolute atomic E-state index is 11.8. The average molecular weight is 240 g/mol. The van der Waals surface area contributed by atoms with Gasteiger partial charge in [0.1, 0.15) is 12.4 Å². The first-order valence-electron chi connectivity index (χ1n) is 5.19. The van der Waals surface area contributed by atoms with Crippen molar-refractivity contribution in [2.45, 2.75) is 19.1 Å². The van der Waals surface area contributed by atoms with Gasteiger partial charge in [-0.05, 0) is 11.3 Å². The minimum Gasteiger partial charge on any atom is -0.391 e. The molecule has 1 fully saturated rings. The van der Waals surface area contributed by atoms with Crippen molar-refractivity contribution in [1.29, 1.82) is 0 Å². The first-order valence-corrected chi connectivity index (χ1v) is 5.19. The van der Waals surface area contributed by atoms with Gasteiger partial charge in [-0.3, -0.25) is 4.79 Å². The zero-order chi connectivity index (χ0) is 12.4. The van der Waals surface area contributed by atoms with Gasteiger partial charge in [-0.25, -0.2) is 4.57 Å². The van der Waals surface area contributed by atoms with Gasteiger partial charge in [-0.15, -0.1) is 0 Å². The van der Waals surface area contributed by atoms with Crippen molar-refractivity contribution in [1.82, 2.24) is 14.5 Å². The molecule has 1 aliphatic heterocycles. The van der Waals surface area contributed by atoms with Crippen LogP contribution in [-0.2, 0) is 11.3 Å². The Hall–Kier alpha value is -1.96. The van der Waals surface area contributed by atoms with E-state index in [1.54, 1.807) is 0 Å². The number of carbonyl (C=O) groups excluding carboxylic acids is 1. The molecule has 1 aromatic heterocycles. The molecule has 2 rings (SSSR count). The second-order valence-electron chi connectivity index (χ2n) is 3.89. The van der Waals surface area contributed by atoms with Gasteiger partial charge in [0.2, 0.25) is 0 Å². The van der Waals surface area contributed by atoms with Crippen LogP contribution in [0.15, 0.2) is 12.4 Å². The molecule has 1 amide bonds. The Balaban J connectivity index is 2.03. The maximum Gasteiger partial charge on any atom is 0.435 e. The molecule has 0 aromatic carbocycles. The smallest absolute Gasteiger partial charge is 0.391 e. The summed E-state index contributed by atoms with van der Waals surface area (Å²) in [6, 6.07) is 0. The molecule has 1 aromatic rings. The van der Waals surface area contributed by atoms with E-state index in [0.29, 0.717) is 19.5 Å². The summed E-state index contributed by atoms with van der Waals surface area (Å²) in [4.78, 5) is 26.8. The number of hydrogen-bond donors (Lipinski definition) is 1. The van der Waals surface area contributed by atoms with Crippen LogP contribution >= 0.6 is 0 Å². The summed E-state index contributed by atoms with van der Waals surface area (Å²) in [7, 11) is 0. The molecule has 1 unspecified atom stereocenters. The number of aliphatic hydroxyl groups is 1. The van der Waals surface area contributed by atoms with Crippen molar-refractivity contribution in [2.75, 3.05) is 13.1 Å². The number of β-amino-alcohol motifs (C(OH)–C–C–N with tert-alkyl or cyclic N) is 1. The quantitative estimate of drug-likeness (QED) is 0.560. The lowest BCUT2D eigenvalue weighted by Crippen LogP contribution is -2.32. The van der Waals surface area contributed by atoms with Crippen molar-refractivity contribution in [3.8, 4) is 0 Å². The van der Waals surface area contributed by atoms with E-state index in [0.717, 1.165) is 0 Å². The van der Waals surface area contributed by atoms with Gasteiger partial charge in [0, 0.05) is 13.1 Å². The lowest BCUT2D eigenvalue weighted by Gasteiger charge is -2.14. The highest BCUT2D eigenvalue weighted by molar-refractivity contribution is 5.76. The van der Waals surface area contributed by atoms with Crippen LogP contribution in [0, 0.1) is 10.1 Å². The Morgan fingerprint density at radius 2 is 2.47 bits per heavy atom. The number of rotatable bonds is 3. The highest BCUT2D eigenvalue weighted by atomic mass is 16.6. The van der Waals surface area contributed by atoms with E-state index >= 15 is 0 Å². The number of aromatic nitrogens is 2. The summed E-state index contributed by atoms with van der Waals surface area (Å²) in [5, 5.41) is 19.9. The zero-order valence-corrected chi connectivity index (χ0v) is 9.02. The molecule has 17 heavy (non-hydrogen) atoms. The van der Waals surface area contributed by atoms with E-state index in [1.165, 1.54) is 21.9 Å².